The molecule has 0 saturated carbocycles. The first-order valence-corrected chi connectivity index (χ1v) is 8.16. The fourth-order valence-electron chi connectivity index (χ4n) is 2.60. The summed E-state index contributed by atoms with van der Waals surface area (Å²) in [6.45, 7) is 6.61. The molecule has 2 rings (SSSR count). The smallest absolute Gasteiger partial charge is 0.193 e. The molecule has 1 heterocycles. The number of benzene rings is 1. The summed E-state index contributed by atoms with van der Waals surface area (Å²) >= 11 is 0. The topological polar surface area (TPSA) is 76.0 Å². The van der Waals surface area contributed by atoms with Crippen LogP contribution in [-0.4, -0.2) is 37.6 Å². The standard InChI is InChI=1S/C18H26N4O2/c1-4-22(5-2)16(17-10-7-11-24-17)13-20-18(19)21-14-8-6-9-15(12-14)23-3/h6-12,16H,4-5,13H2,1-3H3,(H3,19,20,21). The summed E-state index contributed by atoms with van der Waals surface area (Å²) in [5, 5.41) is 3.09. The number of anilines is 1. The maximum Gasteiger partial charge on any atom is 0.193 e. The minimum Gasteiger partial charge on any atom is -0.497 e. The molecule has 2 aromatic rings. The quantitative estimate of drug-likeness (QED) is 0.574. The van der Waals surface area contributed by atoms with Crippen LogP contribution in [0.15, 0.2) is 52.1 Å². The van der Waals surface area contributed by atoms with Crippen LogP contribution in [0.5, 0.6) is 5.75 Å². The number of aliphatic imine (C=N–C) groups is 1. The van der Waals surface area contributed by atoms with Gasteiger partial charge in [-0.25, -0.2) is 0 Å². The van der Waals surface area contributed by atoms with Gasteiger partial charge < -0.3 is 20.2 Å². The number of nitrogens with zero attached hydrogens (tertiary/aromatic N) is 2. The number of hydrogen-bond acceptors (Lipinski definition) is 4. The lowest BCUT2D eigenvalue weighted by Gasteiger charge is -2.26. The molecule has 1 aromatic heterocycles. The molecule has 0 aliphatic carbocycles. The van der Waals surface area contributed by atoms with E-state index in [2.05, 4.69) is 29.1 Å². The molecule has 0 radical (unpaired) electrons. The van der Waals surface area contributed by atoms with Crippen LogP contribution in [0.25, 0.3) is 0 Å². The van der Waals surface area contributed by atoms with Crippen molar-refractivity contribution in [2.24, 2.45) is 10.7 Å². The molecule has 1 unspecified atom stereocenters. The van der Waals surface area contributed by atoms with Crippen molar-refractivity contribution < 1.29 is 9.15 Å². The van der Waals surface area contributed by atoms with Gasteiger partial charge in [0.15, 0.2) is 5.96 Å². The zero-order valence-corrected chi connectivity index (χ0v) is 14.5. The van der Waals surface area contributed by atoms with E-state index in [1.54, 1.807) is 13.4 Å². The highest BCUT2D eigenvalue weighted by molar-refractivity contribution is 5.92. The van der Waals surface area contributed by atoms with E-state index >= 15 is 0 Å². The number of ether oxygens (including phenoxy) is 1. The van der Waals surface area contributed by atoms with E-state index in [1.165, 1.54) is 0 Å². The van der Waals surface area contributed by atoms with Gasteiger partial charge in [0.05, 0.1) is 26.0 Å². The van der Waals surface area contributed by atoms with Crippen LogP contribution in [0.1, 0.15) is 25.6 Å². The van der Waals surface area contributed by atoms with Gasteiger partial charge in [-0.2, -0.15) is 0 Å². The first-order chi connectivity index (χ1) is 11.7. The summed E-state index contributed by atoms with van der Waals surface area (Å²) in [7, 11) is 1.63. The van der Waals surface area contributed by atoms with Gasteiger partial charge in [-0.15, -0.1) is 0 Å². The molecule has 3 N–H and O–H groups in total. The van der Waals surface area contributed by atoms with Crippen molar-refractivity contribution in [3.05, 3.63) is 48.4 Å². The monoisotopic (exact) mass is 330 g/mol. The fourth-order valence-corrected chi connectivity index (χ4v) is 2.60. The number of nitrogens with one attached hydrogen (secondary N) is 1. The lowest BCUT2D eigenvalue weighted by atomic mass is 10.2. The molecular weight excluding hydrogens is 304 g/mol. The Balaban J connectivity index is 2.07. The second-order valence-corrected chi connectivity index (χ2v) is 5.34. The number of hydrogen-bond donors (Lipinski definition) is 2. The minimum absolute atomic E-state index is 0.0701. The molecule has 1 atom stereocenters. The van der Waals surface area contributed by atoms with E-state index in [-0.39, 0.29) is 6.04 Å². The van der Waals surface area contributed by atoms with E-state index in [4.69, 9.17) is 14.9 Å². The van der Waals surface area contributed by atoms with Gasteiger partial charge in [0, 0.05) is 11.8 Å². The number of guanidine groups is 1. The third-order valence-electron chi connectivity index (χ3n) is 3.90. The highest BCUT2D eigenvalue weighted by Crippen LogP contribution is 2.21. The lowest BCUT2D eigenvalue weighted by molar-refractivity contribution is 0.198. The van der Waals surface area contributed by atoms with Gasteiger partial charge in [-0.05, 0) is 37.4 Å². The van der Waals surface area contributed by atoms with Crippen molar-refractivity contribution in [3.8, 4) is 5.75 Å². The predicted molar refractivity (Wildman–Crippen MR) is 97.5 cm³/mol. The lowest BCUT2D eigenvalue weighted by Crippen LogP contribution is -2.31. The van der Waals surface area contributed by atoms with Crippen LogP contribution in [0.4, 0.5) is 5.69 Å². The molecule has 6 nitrogen and oxygen atoms in total. The Morgan fingerprint density at radius 1 is 1.29 bits per heavy atom. The van der Waals surface area contributed by atoms with E-state index in [0.717, 1.165) is 30.3 Å². The SMILES string of the molecule is CCN(CC)C(CN=C(N)Nc1cccc(OC)c1)c1ccco1. The second-order valence-electron chi connectivity index (χ2n) is 5.34. The van der Waals surface area contributed by atoms with Crippen molar-refractivity contribution in [3.63, 3.8) is 0 Å². The third-order valence-corrected chi connectivity index (χ3v) is 3.90. The highest BCUT2D eigenvalue weighted by Gasteiger charge is 2.20. The molecule has 0 spiro atoms. The van der Waals surface area contributed by atoms with Gasteiger partial charge in [0.2, 0.25) is 0 Å². The molecule has 24 heavy (non-hydrogen) atoms. The second kappa shape index (κ2) is 8.98. The maximum absolute atomic E-state index is 6.03. The fraction of sp³-hybridized carbons (Fsp3) is 0.389. The number of rotatable bonds is 8. The number of methoxy groups -OCH3 is 1. The number of furan rings is 1. The largest absolute Gasteiger partial charge is 0.497 e. The Bertz CT molecular complexity index is 636. The van der Waals surface area contributed by atoms with Crippen LogP contribution in [-0.2, 0) is 0 Å². The normalized spacial score (nSPS) is 13.1. The van der Waals surface area contributed by atoms with E-state index in [9.17, 15) is 0 Å². The Morgan fingerprint density at radius 2 is 2.08 bits per heavy atom. The molecule has 130 valence electrons. The van der Waals surface area contributed by atoms with Gasteiger partial charge >= 0.3 is 0 Å². The molecular formula is C18H26N4O2. The summed E-state index contributed by atoms with van der Waals surface area (Å²) in [6.07, 6.45) is 1.69. The Morgan fingerprint density at radius 3 is 2.71 bits per heavy atom. The molecule has 0 bridgehead atoms. The van der Waals surface area contributed by atoms with Crippen molar-refractivity contribution in [2.45, 2.75) is 19.9 Å². The first-order valence-electron chi connectivity index (χ1n) is 8.16. The third kappa shape index (κ3) is 4.76. The molecule has 6 heteroatoms. The van der Waals surface area contributed by atoms with E-state index in [0.29, 0.717) is 12.5 Å². The number of likely N-dealkylation sites (N-methyl/N-ethyl adjacent to an activating group) is 1. The summed E-state index contributed by atoms with van der Waals surface area (Å²) < 4.78 is 10.8. The Labute approximate surface area is 143 Å². The van der Waals surface area contributed by atoms with Crippen LogP contribution < -0.4 is 15.8 Å². The van der Waals surface area contributed by atoms with Crippen molar-refractivity contribution in [2.75, 3.05) is 32.1 Å². The van der Waals surface area contributed by atoms with E-state index in [1.807, 2.05) is 36.4 Å². The van der Waals surface area contributed by atoms with Crippen molar-refractivity contribution in [1.29, 1.82) is 0 Å². The van der Waals surface area contributed by atoms with Gasteiger partial charge in [-0.1, -0.05) is 19.9 Å². The predicted octanol–water partition coefficient (Wildman–Crippen LogP) is 3.10. The van der Waals surface area contributed by atoms with Crippen LogP contribution >= 0.6 is 0 Å². The van der Waals surface area contributed by atoms with Crippen LogP contribution in [0, 0.1) is 0 Å². The summed E-state index contributed by atoms with van der Waals surface area (Å²) in [5.74, 6) is 2.04. The van der Waals surface area contributed by atoms with Gasteiger partial charge in [0.25, 0.3) is 0 Å². The van der Waals surface area contributed by atoms with Crippen LogP contribution in [0.3, 0.4) is 0 Å². The molecule has 0 aliphatic rings. The molecule has 0 fully saturated rings. The van der Waals surface area contributed by atoms with Gasteiger partial charge in [-0.3, -0.25) is 9.89 Å². The summed E-state index contributed by atoms with van der Waals surface area (Å²) in [5.41, 5.74) is 6.87. The van der Waals surface area contributed by atoms with Crippen molar-refractivity contribution >= 4 is 11.6 Å². The minimum atomic E-state index is 0.0701. The van der Waals surface area contributed by atoms with Crippen LogP contribution in [0.2, 0.25) is 0 Å². The summed E-state index contributed by atoms with van der Waals surface area (Å²) in [4.78, 5) is 6.78. The zero-order valence-electron chi connectivity index (χ0n) is 14.5. The van der Waals surface area contributed by atoms with Crippen molar-refractivity contribution in [1.82, 2.24) is 4.90 Å². The first kappa shape index (κ1) is 17.9. The maximum atomic E-state index is 6.03. The highest BCUT2D eigenvalue weighted by atomic mass is 16.5. The molecule has 1 aromatic carbocycles. The number of nitrogens with two attached hydrogens (primary N) is 1. The average molecular weight is 330 g/mol. The summed E-state index contributed by atoms with van der Waals surface area (Å²) in [6, 6.07) is 11.5. The zero-order chi connectivity index (χ0) is 17.4. The van der Waals surface area contributed by atoms with E-state index < -0.39 is 0 Å². The molecule has 0 amide bonds. The van der Waals surface area contributed by atoms with Gasteiger partial charge in [0.1, 0.15) is 11.5 Å². The average Bonchev–Trinajstić information content (AvgIpc) is 3.13. The Hall–Kier alpha value is -2.47. The molecule has 0 saturated heterocycles. The molecule has 0 aliphatic heterocycles. The Kier molecular flexibility index (Phi) is 6.69.